The summed E-state index contributed by atoms with van der Waals surface area (Å²) in [5, 5.41) is 0. The molecule has 0 amide bonds. The van der Waals surface area contributed by atoms with Gasteiger partial charge in [-0.3, -0.25) is 0 Å². The van der Waals surface area contributed by atoms with E-state index in [9.17, 15) is 8.42 Å². The second kappa shape index (κ2) is 5.26. The van der Waals surface area contributed by atoms with Crippen LogP contribution in [0.2, 0.25) is 0 Å². The van der Waals surface area contributed by atoms with E-state index in [1.165, 1.54) is 6.26 Å². The van der Waals surface area contributed by atoms with Crippen molar-refractivity contribution in [3.8, 4) is 0 Å². The van der Waals surface area contributed by atoms with E-state index in [4.69, 9.17) is 9.31 Å². The summed E-state index contributed by atoms with van der Waals surface area (Å²) in [6, 6.07) is 7.61. The second-order valence-electron chi connectivity index (χ2n) is 5.62. The maximum atomic E-state index is 11.1. The average Bonchev–Trinajstić information content (AvgIpc) is 2.61. The Labute approximate surface area is 120 Å². The van der Waals surface area contributed by atoms with Gasteiger partial charge in [0.05, 0.1) is 11.5 Å². The summed E-state index contributed by atoms with van der Waals surface area (Å²) in [6.07, 6.45) is 1.76. The summed E-state index contributed by atoms with van der Waals surface area (Å²) < 4.78 is 33.7. The van der Waals surface area contributed by atoms with Crippen LogP contribution in [0.5, 0.6) is 0 Å². The molecular weight excluding hydrogens is 275 g/mol. The smallest absolute Gasteiger partial charge is 0.534 e. The van der Waals surface area contributed by atoms with Crippen molar-refractivity contribution in [1.82, 2.24) is 0 Å². The Kier molecular flexibility index (Phi) is 3.98. The van der Waals surface area contributed by atoms with Crippen LogP contribution in [0.25, 0.3) is 0 Å². The van der Waals surface area contributed by atoms with Crippen LogP contribution in [-0.2, 0) is 25.6 Å². The fraction of sp³-hybridized carbons (Fsp3) is 0.429. The first kappa shape index (κ1) is 15.1. The summed E-state index contributed by atoms with van der Waals surface area (Å²) in [5.74, 6) is 0.774. The van der Waals surface area contributed by atoms with E-state index in [1.54, 1.807) is 0 Å². The maximum absolute atomic E-state index is 11.1. The molecule has 1 fully saturated rings. The molecule has 0 bridgehead atoms. The van der Waals surface area contributed by atoms with E-state index in [2.05, 4.69) is 6.58 Å². The molecule has 1 aliphatic heterocycles. The Bertz CT molecular complexity index is 605. The molecule has 0 aliphatic carbocycles. The van der Waals surface area contributed by atoms with E-state index in [1.807, 2.05) is 38.1 Å². The van der Waals surface area contributed by atoms with Crippen LogP contribution in [0.1, 0.15) is 19.4 Å². The lowest BCUT2D eigenvalue weighted by molar-refractivity contribution is 0.173. The highest BCUT2D eigenvalue weighted by atomic mass is 32.2. The molecule has 0 spiro atoms. The zero-order chi connectivity index (χ0) is 15.0. The number of sulfone groups is 1. The second-order valence-corrected chi connectivity index (χ2v) is 7.88. The highest BCUT2D eigenvalue weighted by Gasteiger charge is 2.42. The third-order valence-corrected chi connectivity index (χ3v) is 4.28. The van der Waals surface area contributed by atoms with Crippen molar-refractivity contribution in [2.75, 3.05) is 12.0 Å². The Morgan fingerprint density at radius 1 is 1.25 bits per heavy atom. The molecule has 1 heterocycles. The molecule has 2 rings (SSSR count). The van der Waals surface area contributed by atoms with E-state index < -0.39 is 22.6 Å². The van der Waals surface area contributed by atoms with Gasteiger partial charge in [0.1, 0.15) is 15.4 Å². The fourth-order valence-electron chi connectivity index (χ4n) is 1.91. The number of benzene rings is 1. The molecular formula is C14H19BO4S. The molecule has 0 radical (unpaired) electrons. The highest BCUT2D eigenvalue weighted by Crippen LogP contribution is 2.29. The maximum Gasteiger partial charge on any atom is 0.563 e. The lowest BCUT2D eigenvalue weighted by Crippen LogP contribution is -2.34. The van der Waals surface area contributed by atoms with Gasteiger partial charge < -0.3 is 9.31 Å². The molecule has 4 nitrogen and oxygen atoms in total. The lowest BCUT2D eigenvalue weighted by Gasteiger charge is -2.15. The van der Waals surface area contributed by atoms with Gasteiger partial charge in [0, 0.05) is 6.26 Å². The van der Waals surface area contributed by atoms with E-state index in [0.717, 1.165) is 11.0 Å². The number of hydrogen-bond acceptors (Lipinski definition) is 4. The Morgan fingerprint density at radius 3 is 2.30 bits per heavy atom. The van der Waals surface area contributed by atoms with Crippen LogP contribution in [0, 0.1) is 0 Å². The predicted octanol–water partition coefficient (Wildman–Crippen LogP) is 1.31. The van der Waals surface area contributed by atoms with Crippen molar-refractivity contribution in [2.45, 2.75) is 25.9 Å². The number of aryl methyl sites for hydroxylation is 1. The van der Waals surface area contributed by atoms with E-state index in [-0.39, 0.29) is 5.75 Å². The van der Waals surface area contributed by atoms with Gasteiger partial charge in [-0.1, -0.05) is 30.8 Å². The van der Waals surface area contributed by atoms with Gasteiger partial charge in [-0.05, 0) is 31.3 Å². The zero-order valence-corrected chi connectivity index (χ0v) is 12.9. The van der Waals surface area contributed by atoms with Crippen LogP contribution in [0.15, 0.2) is 36.6 Å². The average molecular weight is 294 g/mol. The molecule has 0 N–H and O–H groups in total. The Balaban J connectivity index is 2.04. The van der Waals surface area contributed by atoms with Gasteiger partial charge in [0.2, 0.25) is 0 Å². The summed E-state index contributed by atoms with van der Waals surface area (Å²) in [7, 11) is -3.37. The molecule has 0 unspecified atom stereocenters. The van der Waals surface area contributed by atoms with Gasteiger partial charge in [0.15, 0.2) is 0 Å². The molecule has 20 heavy (non-hydrogen) atoms. The first-order valence-corrected chi connectivity index (χ1v) is 8.54. The third-order valence-electron chi connectivity index (χ3n) is 3.34. The molecule has 6 heteroatoms. The first-order valence-electron chi connectivity index (χ1n) is 6.48. The molecule has 108 valence electrons. The van der Waals surface area contributed by atoms with Crippen molar-refractivity contribution in [1.29, 1.82) is 0 Å². The van der Waals surface area contributed by atoms with Crippen LogP contribution in [0.3, 0.4) is 0 Å². The summed E-state index contributed by atoms with van der Waals surface area (Å²) in [6.45, 7) is 7.67. The van der Waals surface area contributed by atoms with Crippen molar-refractivity contribution < 1.29 is 17.7 Å². The summed E-state index contributed by atoms with van der Waals surface area (Å²) in [5.41, 5.74) is 1.40. The molecule has 1 saturated heterocycles. The minimum absolute atomic E-state index is 0.159. The van der Waals surface area contributed by atoms with Crippen molar-refractivity contribution in [2.24, 2.45) is 0 Å². The first-order chi connectivity index (χ1) is 9.17. The SMILES string of the molecule is C=C1OB(c2ccc(CCS(C)(=O)=O)cc2)OC1(C)C. The van der Waals surface area contributed by atoms with Crippen molar-refractivity contribution in [3.05, 3.63) is 42.2 Å². The highest BCUT2D eigenvalue weighted by molar-refractivity contribution is 7.90. The van der Waals surface area contributed by atoms with Gasteiger partial charge in [-0.25, -0.2) is 8.42 Å². The van der Waals surface area contributed by atoms with Crippen molar-refractivity contribution >= 4 is 22.4 Å². The fourth-order valence-corrected chi connectivity index (χ4v) is 2.52. The van der Waals surface area contributed by atoms with Gasteiger partial charge in [-0.2, -0.15) is 0 Å². The zero-order valence-electron chi connectivity index (χ0n) is 12.0. The van der Waals surface area contributed by atoms with Crippen LogP contribution < -0.4 is 5.46 Å². The molecule has 1 aromatic carbocycles. The topological polar surface area (TPSA) is 52.6 Å². The standard InChI is InChI=1S/C14H19BO4S/c1-11-14(2,3)19-15(18-11)13-7-5-12(6-8-13)9-10-20(4,16)17/h5-8H,1,9-10H2,2-4H3. The Hall–Kier alpha value is -1.27. The van der Waals surface area contributed by atoms with Gasteiger partial charge >= 0.3 is 7.12 Å². The van der Waals surface area contributed by atoms with Crippen molar-refractivity contribution in [3.63, 3.8) is 0 Å². The summed E-state index contributed by atoms with van der Waals surface area (Å²) >= 11 is 0. The van der Waals surface area contributed by atoms with E-state index in [0.29, 0.717) is 12.2 Å². The molecule has 1 aromatic rings. The largest absolute Gasteiger partial charge is 0.563 e. The van der Waals surface area contributed by atoms with Crippen LogP contribution in [0.4, 0.5) is 0 Å². The molecule has 0 atom stereocenters. The molecule has 0 aromatic heterocycles. The quantitative estimate of drug-likeness (QED) is 0.786. The Morgan fingerprint density at radius 2 is 1.85 bits per heavy atom. The monoisotopic (exact) mass is 294 g/mol. The third kappa shape index (κ3) is 3.64. The minimum atomic E-state index is -2.93. The van der Waals surface area contributed by atoms with Crippen LogP contribution in [-0.4, -0.2) is 33.1 Å². The molecule has 0 saturated carbocycles. The van der Waals surface area contributed by atoms with Gasteiger partial charge in [0.25, 0.3) is 0 Å². The number of rotatable bonds is 4. The minimum Gasteiger partial charge on any atom is -0.534 e. The van der Waals surface area contributed by atoms with Crippen LogP contribution >= 0.6 is 0 Å². The molecule has 1 aliphatic rings. The predicted molar refractivity (Wildman–Crippen MR) is 80.6 cm³/mol. The lowest BCUT2D eigenvalue weighted by atomic mass is 9.79. The summed E-state index contributed by atoms with van der Waals surface area (Å²) in [4.78, 5) is 0. The van der Waals surface area contributed by atoms with Gasteiger partial charge in [-0.15, -0.1) is 0 Å². The number of hydrogen-bond donors (Lipinski definition) is 0. The van der Waals surface area contributed by atoms with E-state index >= 15 is 0 Å². The normalized spacial score (nSPS) is 18.1.